The molecule has 3 aromatic rings. The maximum Gasteiger partial charge on any atom is 0.262 e. The van der Waals surface area contributed by atoms with Crippen LogP contribution in [0.2, 0.25) is 0 Å². The van der Waals surface area contributed by atoms with Gasteiger partial charge in [-0.3, -0.25) is 9.59 Å². The monoisotopic (exact) mass is 410 g/mol. The summed E-state index contributed by atoms with van der Waals surface area (Å²) in [4.78, 5) is 36.9. The number of nitrogens with zero attached hydrogens (tertiary/aromatic N) is 2. The summed E-state index contributed by atoms with van der Waals surface area (Å²) in [5, 5.41) is 3.41. The molecule has 0 spiro atoms. The molecule has 1 aromatic carbocycles. The third-order valence-corrected chi connectivity index (χ3v) is 6.80. The van der Waals surface area contributed by atoms with Crippen LogP contribution >= 0.6 is 11.3 Å². The number of carbonyl (C=O) groups excluding carboxylic acids is 1. The predicted octanol–water partition coefficient (Wildman–Crippen LogP) is 2.38. The van der Waals surface area contributed by atoms with Gasteiger partial charge in [0.2, 0.25) is 0 Å². The molecule has 8 heteroatoms. The molecule has 29 heavy (non-hydrogen) atoms. The fraction of sp³-hybridized carbons (Fsp3) is 0.381. The Bertz CT molecular complexity index is 1150. The maximum absolute atomic E-state index is 12.8. The number of aromatic nitrogens is 2. The summed E-state index contributed by atoms with van der Waals surface area (Å²) in [5.41, 5.74) is 2.02. The molecule has 150 valence electrons. The van der Waals surface area contributed by atoms with Crippen LogP contribution in [0.1, 0.15) is 29.1 Å². The van der Waals surface area contributed by atoms with Gasteiger partial charge in [-0.05, 0) is 43.4 Å². The molecule has 1 atom stereocenters. The van der Waals surface area contributed by atoms with E-state index in [1.807, 2.05) is 29.2 Å². The first-order valence-electron chi connectivity index (χ1n) is 9.89. The van der Waals surface area contributed by atoms with Crippen molar-refractivity contribution in [2.75, 3.05) is 18.5 Å². The van der Waals surface area contributed by atoms with Crippen molar-refractivity contribution >= 4 is 33.1 Å². The molecule has 0 bridgehead atoms. The van der Waals surface area contributed by atoms with Crippen LogP contribution in [0.5, 0.6) is 5.75 Å². The van der Waals surface area contributed by atoms with Gasteiger partial charge >= 0.3 is 0 Å². The Morgan fingerprint density at radius 2 is 2.17 bits per heavy atom. The van der Waals surface area contributed by atoms with Gasteiger partial charge in [0.05, 0.1) is 24.2 Å². The zero-order valence-corrected chi connectivity index (χ0v) is 17.0. The van der Waals surface area contributed by atoms with Crippen LogP contribution in [0, 0.1) is 0 Å². The molecular weight excluding hydrogens is 388 g/mol. The summed E-state index contributed by atoms with van der Waals surface area (Å²) >= 11 is 1.65. The minimum Gasteiger partial charge on any atom is -0.477 e. The number of carbonyl (C=O) groups is 1. The number of para-hydroxylation sites is 2. The second kappa shape index (κ2) is 7.18. The van der Waals surface area contributed by atoms with Crippen LogP contribution in [0.15, 0.2) is 29.1 Å². The predicted molar refractivity (Wildman–Crippen MR) is 113 cm³/mol. The molecule has 1 aliphatic carbocycles. The minimum atomic E-state index is -0.612. The van der Waals surface area contributed by atoms with Gasteiger partial charge in [0, 0.05) is 11.9 Å². The SMILES string of the molecule is CNC(=O)[C@@H]1CN(Cc2nc3sc4c(c3c(=O)[nH]2)CCCC4)c2ccccc2O1. The van der Waals surface area contributed by atoms with Gasteiger partial charge in [-0.2, -0.15) is 0 Å². The van der Waals surface area contributed by atoms with E-state index in [9.17, 15) is 9.59 Å². The molecule has 0 unspecified atom stereocenters. The molecule has 2 aliphatic rings. The quantitative estimate of drug-likeness (QED) is 0.692. The zero-order chi connectivity index (χ0) is 20.0. The highest BCUT2D eigenvalue weighted by Crippen LogP contribution is 2.35. The molecule has 0 saturated carbocycles. The van der Waals surface area contributed by atoms with Gasteiger partial charge in [0.1, 0.15) is 16.4 Å². The van der Waals surface area contributed by atoms with E-state index >= 15 is 0 Å². The average Bonchev–Trinajstić information content (AvgIpc) is 3.12. The van der Waals surface area contributed by atoms with Crippen molar-refractivity contribution in [3.05, 3.63) is 50.9 Å². The van der Waals surface area contributed by atoms with Crippen LogP contribution in [-0.4, -0.2) is 35.6 Å². The van der Waals surface area contributed by atoms with Gasteiger partial charge in [0.15, 0.2) is 6.10 Å². The number of thiophene rings is 1. The largest absolute Gasteiger partial charge is 0.477 e. The zero-order valence-electron chi connectivity index (χ0n) is 16.2. The number of rotatable bonds is 3. The van der Waals surface area contributed by atoms with Gasteiger partial charge in [0.25, 0.3) is 11.5 Å². The van der Waals surface area contributed by atoms with Crippen LogP contribution in [0.3, 0.4) is 0 Å². The maximum atomic E-state index is 12.8. The molecule has 3 heterocycles. The first-order chi connectivity index (χ1) is 14.1. The Kier molecular flexibility index (Phi) is 4.50. The number of anilines is 1. The highest BCUT2D eigenvalue weighted by molar-refractivity contribution is 7.18. The first-order valence-corrected chi connectivity index (χ1v) is 10.7. The van der Waals surface area contributed by atoms with E-state index in [0.29, 0.717) is 24.7 Å². The van der Waals surface area contributed by atoms with Crippen molar-refractivity contribution in [2.24, 2.45) is 0 Å². The highest BCUT2D eigenvalue weighted by Gasteiger charge is 2.30. The van der Waals surface area contributed by atoms with Crippen LogP contribution in [0.25, 0.3) is 10.2 Å². The lowest BCUT2D eigenvalue weighted by Gasteiger charge is -2.35. The molecule has 0 saturated heterocycles. The van der Waals surface area contributed by atoms with Crippen molar-refractivity contribution < 1.29 is 9.53 Å². The molecule has 0 fully saturated rings. The normalized spacial score (nSPS) is 18.1. The number of aryl methyl sites for hydroxylation is 2. The number of H-pyrrole nitrogens is 1. The number of ether oxygens (including phenoxy) is 1. The Balaban J connectivity index is 1.51. The summed E-state index contributed by atoms with van der Waals surface area (Å²) < 4.78 is 5.86. The molecule has 2 aromatic heterocycles. The summed E-state index contributed by atoms with van der Waals surface area (Å²) in [6, 6.07) is 7.62. The minimum absolute atomic E-state index is 0.0613. The molecule has 7 nitrogen and oxygen atoms in total. The molecule has 1 aliphatic heterocycles. The first kappa shape index (κ1) is 18.2. The fourth-order valence-corrected chi connectivity index (χ4v) is 5.50. The van der Waals surface area contributed by atoms with Gasteiger partial charge in [-0.25, -0.2) is 4.98 Å². The highest BCUT2D eigenvalue weighted by atomic mass is 32.1. The summed E-state index contributed by atoms with van der Waals surface area (Å²) in [5.74, 6) is 1.09. The van der Waals surface area contributed by atoms with E-state index < -0.39 is 6.10 Å². The molecular formula is C21H22N4O3S. The van der Waals surface area contributed by atoms with Crippen LogP contribution in [-0.2, 0) is 24.2 Å². The Morgan fingerprint density at radius 3 is 3.03 bits per heavy atom. The van der Waals surface area contributed by atoms with E-state index in [1.54, 1.807) is 18.4 Å². The number of amides is 1. The van der Waals surface area contributed by atoms with Crippen molar-refractivity contribution in [1.82, 2.24) is 15.3 Å². The van der Waals surface area contributed by atoms with Crippen molar-refractivity contribution in [3.63, 3.8) is 0 Å². The second-order valence-electron chi connectivity index (χ2n) is 7.47. The summed E-state index contributed by atoms with van der Waals surface area (Å²) in [6.07, 6.45) is 3.70. The molecule has 0 radical (unpaired) electrons. The summed E-state index contributed by atoms with van der Waals surface area (Å²) in [6.45, 7) is 0.793. The number of nitrogens with one attached hydrogen (secondary N) is 2. The van der Waals surface area contributed by atoms with Gasteiger partial charge in [-0.1, -0.05) is 12.1 Å². The van der Waals surface area contributed by atoms with Crippen molar-refractivity contribution in [3.8, 4) is 5.75 Å². The number of fused-ring (bicyclic) bond motifs is 4. The van der Waals surface area contributed by atoms with Crippen molar-refractivity contribution in [1.29, 1.82) is 0 Å². The average molecular weight is 410 g/mol. The second-order valence-corrected chi connectivity index (χ2v) is 8.56. The van der Waals surface area contributed by atoms with E-state index in [4.69, 9.17) is 9.72 Å². The molecule has 5 rings (SSSR count). The lowest BCUT2D eigenvalue weighted by Crippen LogP contribution is -2.48. The van der Waals surface area contributed by atoms with E-state index in [-0.39, 0.29) is 11.5 Å². The number of likely N-dealkylation sites (N-methyl/N-ethyl adjacent to an activating group) is 1. The number of hydrogen-bond donors (Lipinski definition) is 2. The van der Waals surface area contributed by atoms with Crippen LogP contribution < -0.4 is 20.5 Å². The fourth-order valence-electron chi connectivity index (χ4n) is 4.22. The Hall–Kier alpha value is -2.87. The number of benzene rings is 1. The third kappa shape index (κ3) is 3.17. The molecule has 1 amide bonds. The van der Waals surface area contributed by atoms with Crippen molar-refractivity contribution in [2.45, 2.75) is 38.3 Å². The number of hydrogen-bond acceptors (Lipinski definition) is 6. The lowest BCUT2D eigenvalue weighted by molar-refractivity contribution is -0.127. The standard InChI is InChI=1S/C21H22N4O3S/c1-22-19(26)15-10-25(13-7-3-4-8-14(13)28-15)11-17-23-20(27)18-12-6-2-5-9-16(12)29-21(18)24-17/h3-4,7-8,15H,2,5-6,9-11H2,1H3,(H,22,26)(H,23,24,27)/t15-/m0/s1. The van der Waals surface area contributed by atoms with Gasteiger partial charge in [-0.15, -0.1) is 11.3 Å². The Morgan fingerprint density at radius 1 is 1.34 bits per heavy atom. The smallest absolute Gasteiger partial charge is 0.262 e. The molecule has 2 N–H and O–H groups in total. The Labute approximate surface area is 171 Å². The van der Waals surface area contributed by atoms with Crippen LogP contribution in [0.4, 0.5) is 5.69 Å². The number of aromatic amines is 1. The van der Waals surface area contributed by atoms with Gasteiger partial charge < -0.3 is 19.9 Å². The lowest BCUT2D eigenvalue weighted by atomic mass is 9.97. The van der Waals surface area contributed by atoms with E-state index in [0.717, 1.165) is 35.2 Å². The topological polar surface area (TPSA) is 87.3 Å². The van der Waals surface area contributed by atoms with E-state index in [2.05, 4.69) is 10.3 Å². The summed E-state index contributed by atoms with van der Waals surface area (Å²) in [7, 11) is 1.60. The third-order valence-electron chi connectivity index (χ3n) is 5.61. The van der Waals surface area contributed by atoms with E-state index in [1.165, 1.54) is 16.9 Å².